The summed E-state index contributed by atoms with van der Waals surface area (Å²) in [4.78, 5) is 4.39. The third kappa shape index (κ3) is 2.19. The quantitative estimate of drug-likeness (QED) is 0.782. The molecule has 1 atom stereocenters. The molecule has 2 rings (SSSR count). The fourth-order valence-electron chi connectivity index (χ4n) is 1.59. The number of benzene rings is 1. The summed E-state index contributed by atoms with van der Waals surface area (Å²) in [6, 6.07) is 8.74. The monoisotopic (exact) mass is 250 g/mol. The van der Waals surface area contributed by atoms with Gasteiger partial charge in [0.2, 0.25) is 0 Å². The van der Waals surface area contributed by atoms with Crippen LogP contribution in [0.5, 0.6) is 0 Å². The molecule has 2 nitrogen and oxygen atoms in total. The molecule has 0 aromatic heterocycles. The van der Waals surface area contributed by atoms with Crippen molar-refractivity contribution in [3.63, 3.8) is 0 Å². The number of aryl methyl sites for hydroxylation is 1. The van der Waals surface area contributed by atoms with Crippen molar-refractivity contribution < 1.29 is 0 Å². The maximum atomic E-state index is 4.39. The van der Waals surface area contributed by atoms with Gasteiger partial charge in [-0.2, -0.15) is 0 Å². The second-order valence-corrected chi connectivity index (χ2v) is 4.60. The van der Waals surface area contributed by atoms with Crippen LogP contribution in [0.1, 0.15) is 11.1 Å². The molecule has 0 saturated carbocycles. The molecule has 74 valence electrons. The molecule has 3 heteroatoms. The summed E-state index contributed by atoms with van der Waals surface area (Å²) in [6.07, 6.45) is 1.19. The summed E-state index contributed by atoms with van der Waals surface area (Å²) in [5, 5.41) is 4.55. The van der Waals surface area contributed by atoms with E-state index in [9.17, 15) is 0 Å². The Morgan fingerprint density at radius 1 is 1.29 bits per heavy atom. The Morgan fingerprint density at radius 2 is 2.07 bits per heavy atom. The van der Waals surface area contributed by atoms with Gasteiger partial charge >= 0.3 is 93.1 Å². The minimum atomic E-state index is 0.911. The molecule has 0 radical (unpaired) electrons. The first kappa shape index (κ1) is 9.79. The number of nitrogens with zero attached hydrogens (tertiary/aromatic N) is 1. The van der Waals surface area contributed by atoms with E-state index in [2.05, 4.69) is 34.6 Å². The predicted octanol–water partition coefficient (Wildman–Crippen LogP) is 0.630. The van der Waals surface area contributed by atoms with Crippen LogP contribution >= 0.6 is 0 Å². The molecule has 1 aromatic carbocycles. The zero-order chi connectivity index (χ0) is 9.80. The van der Waals surface area contributed by atoms with E-state index in [1.807, 2.05) is 0 Å². The Morgan fingerprint density at radius 3 is 2.64 bits per heavy atom. The second kappa shape index (κ2) is 4.65. The molecule has 1 aliphatic rings. The van der Waals surface area contributed by atoms with Crippen molar-refractivity contribution in [1.29, 1.82) is 0 Å². The molecule has 1 N–H and O–H groups in total. The van der Waals surface area contributed by atoms with Crippen LogP contribution in [0.3, 0.4) is 0 Å². The van der Waals surface area contributed by atoms with Crippen LogP contribution in [0.15, 0.2) is 29.3 Å². The molecule has 0 amide bonds. The topological polar surface area (TPSA) is 24.4 Å². The molecule has 0 bridgehead atoms. The summed E-state index contributed by atoms with van der Waals surface area (Å²) in [6.45, 7) is 1.89. The zero-order valence-electron chi connectivity index (χ0n) is 8.16. The SMILES string of the molecule is [AsH2]CCc1ccc(C2=NCCN2)cc1. The van der Waals surface area contributed by atoms with Crippen LogP contribution in [-0.4, -0.2) is 35.8 Å². The van der Waals surface area contributed by atoms with Gasteiger partial charge in [0.25, 0.3) is 0 Å². The fraction of sp³-hybridized carbons (Fsp3) is 0.364. The maximum absolute atomic E-state index is 4.39. The van der Waals surface area contributed by atoms with Crippen LogP contribution in [0.25, 0.3) is 0 Å². The number of nitrogens with one attached hydrogen (secondary N) is 1. The summed E-state index contributed by atoms with van der Waals surface area (Å²) in [7, 11) is 0. The van der Waals surface area contributed by atoms with Crippen LogP contribution in [-0.2, 0) is 6.42 Å². The van der Waals surface area contributed by atoms with Gasteiger partial charge in [0.1, 0.15) is 0 Å². The number of rotatable bonds is 3. The van der Waals surface area contributed by atoms with Crippen molar-refractivity contribution in [2.45, 2.75) is 11.6 Å². The van der Waals surface area contributed by atoms with Gasteiger partial charge in [0.05, 0.1) is 0 Å². The Kier molecular flexibility index (Phi) is 3.25. The Labute approximate surface area is 93.3 Å². The molecule has 1 unspecified atom stereocenters. The zero-order valence-corrected chi connectivity index (χ0v) is 10.6. The van der Waals surface area contributed by atoms with Gasteiger partial charge in [-0.15, -0.1) is 0 Å². The van der Waals surface area contributed by atoms with Crippen LogP contribution in [0.4, 0.5) is 0 Å². The van der Waals surface area contributed by atoms with Crippen molar-refractivity contribution in [2.24, 2.45) is 4.99 Å². The first-order valence-electron chi connectivity index (χ1n) is 4.98. The number of hydrogen-bond acceptors (Lipinski definition) is 2. The van der Waals surface area contributed by atoms with E-state index >= 15 is 0 Å². The average Bonchev–Trinajstić information content (AvgIpc) is 2.72. The molecule has 14 heavy (non-hydrogen) atoms. The molecule has 0 aliphatic carbocycles. The minimum absolute atomic E-state index is 0.911. The van der Waals surface area contributed by atoms with E-state index in [-0.39, 0.29) is 0 Å². The second-order valence-electron chi connectivity index (χ2n) is 3.39. The number of aliphatic imine (C=N–C) groups is 1. The Bertz CT molecular complexity index is 330. The molecular weight excluding hydrogens is 235 g/mol. The Hall–Kier alpha value is -0.752. The summed E-state index contributed by atoms with van der Waals surface area (Å²) in [5.74, 6) is 1.05. The normalized spacial score (nSPS) is 15.1. The van der Waals surface area contributed by atoms with Crippen molar-refractivity contribution in [3.8, 4) is 0 Å². The number of amidine groups is 1. The number of hydrogen-bond donors (Lipinski definition) is 1. The standard InChI is InChI=1S/C11H15AsN2/c12-6-5-9-1-3-10(4-2-9)11-13-7-8-14-11/h1-4H,5-8,12H2,(H,13,14). The summed E-state index contributed by atoms with van der Waals surface area (Å²) < 4.78 is 0. The first-order chi connectivity index (χ1) is 6.90. The third-order valence-corrected chi connectivity index (χ3v) is 2.94. The van der Waals surface area contributed by atoms with E-state index in [1.54, 1.807) is 16.9 Å². The third-order valence-electron chi connectivity index (χ3n) is 2.33. The van der Waals surface area contributed by atoms with Gasteiger partial charge in [-0.25, -0.2) is 0 Å². The van der Waals surface area contributed by atoms with Crippen LogP contribution in [0, 0.1) is 0 Å². The van der Waals surface area contributed by atoms with Gasteiger partial charge < -0.3 is 0 Å². The van der Waals surface area contributed by atoms with Crippen molar-refractivity contribution in [3.05, 3.63) is 35.4 Å². The molecule has 0 fully saturated rings. The molecule has 1 aliphatic heterocycles. The molecule has 0 spiro atoms. The van der Waals surface area contributed by atoms with Gasteiger partial charge in [-0.05, 0) is 0 Å². The average molecular weight is 250 g/mol. The van der Waals surface area contributed by atoms with E-state index < -0.39 is 0 Å². The van der Waals surface area contributed by atoms with Gasteiger partial charge in [0, 0.05) is 0 Å². The van der Waals surface area contributed by atoms with Gasteiger partial charge in [-0.3, -0.25) is 0 Å². The molecule has 0 saturated heterocycles. The van der Waals surface area contributed by atoms with Crippen LogP contribution < -0.4 is 5.32 Å². The Balaban J connectivity index is 2.13. The van der Waals surface area contributed by atoms with E-state index in [0.717, 1.165) is 18.9 Å². The summed E-state index contributed by atoms with van der Waals surface area (Å²) >= 11 is 1.79. The van der Waals surface area contributed by atoms with Gasteiger partial charge in [-0.1, -0.05) is 0 Å². The van der Waals surface area contributed by atoms with Crippen LogP contribution in [0.2, 0.25) is 5.21 Å². The summed E-state index contributed by atoms with van der Waals surface area (Å²) in [5.41, 5.74) is 2.64. The molecule has 1 aromatic rings. The first-order valence-corrected chi connectivity index (χ1v) is 6.69. The van der Waals surface area contributed by atoms with Crippen molar-refractivity contribution >= 4 is 22.7 Å². The van der Waals surface area contributed by atoms with Crippen molar-refractivity contribution in [1.82, 2.24) is 5.32 Å². The van der Waals surface area contributed by atoms with E-state index in [4.69, 9.17) is 0 Å². The molecule has 1 heterocycles. The van der Waals surface area contributed by atoms with E-state index in [0.29, 0.717) is 0 Å². The molecular formula is C11H15AsN2. The van der Waals surface area contributed by atoms with Crippen molar-refractivity contribution in [2.75, 3.05) is 13.1 Å². The predicted molar refractivity (Wildman–Crippen MR) is 62.9 cm³/mol. The van der Waals surface area contributed by atoms with E-state index in [1.165, 1.54) is 22.8 Å². The van der Waals surface area contributed by atoms with Gasteiger partial charge in [0.15, 0.2) is 0 Å². The fourth-order valence-corrected chi connectivity index (χ4v) is 2.29.